The predicted octanol–water partition coefficient (Wildman–Crippen LogP) is 2.97. The molecule has 2 saturated heterocycles. The first kappa shape index (κ1) is 20.6. The molecule has 2 aliphatic heterocycles. The number of carboxylic acids is 1. The smallest absolute Gasteiger partial charge is 0.335 e. The van der Waals surface area contributed by atoms with E-state index >= 15 is 0 Å². The van der Waals surface area contributed by atoms with Gasteiger partial charge in [-0.3, -0.25) is 10.2 Å². The van der Waals surface area contributed by atoms with Gasteiger partial charge in [-0.2, -0.15) is 0 Å². The number of aromatic carboxylic acids is 1. The first-order chi connectivity index (χ1) is 14.6. The zero-order valence-electron chi connectivity index (χ0n) is 16.9. The van der Waals surface area contributed by atoms with Crippen LogP contribution in [0, 0.1) is 11.8 Å². The molecule has 0 aliphatic carbocycles. The van der Waals surface area contributed by atoms with Crippen LogP contribution in [0.3, 0.4) is 0 Å². The van der Waals surface area contributed by atoms with Crippen LogP contribution in [0.1, 0.15) is 40.7 Å². The van der Waals surface area contributed by atoms with E-state index in [-0.39, 0.29) is 12.0 Å². The lowest BCUT2D eigenvalue weighted by molar-refractivity contribution is -0.121. The molecule has 2 heterocycles. The second-order valence-corrected chi connectivity index (χ2v) is 8.25. The molecule has 3 N–H and O–H groups in total. The summed E-state index contributed by atoms with van der Waals surface area (Å²) in [7, 11) is 0. The summed E-state index contributed by atoms with van der Waals surface area (Å²) in [6.07, 6.45) is 4.99. The summed E-state index contributed by atoms with van der Waals surface area (Å²) in [6, 6.07) is 16.8. The molecule has 2 fully saturated rings. The Labute approximate surface area is 176 Å². The van der Waals surface area contributed by atoms with Crippen LogP contribution in [0.15, 0.2) is 54.6 Å². The summed E-state index contributed by atoms with van der Waals surface area (Å²) in [5.74, 6) is -0.121. The van der Waals surface area contributed by atoms with Gasteiger partial charge in [0.15, 0.2) is 0 Å². The molecule has 6 nitrogen and oxygen atoms in total. The van der Waals surface area contributed by atoms with Crippen molar-refractivity contribution in [3.8, 4) is 0 Å². The minimum atomic E-state index is -0.900. The van der Waals surface area contributed by atoms with Crippen molar-refractivity contribution in [3.63, 3.8) is 0 Å². The maximum Gasteiger partial charge on any atom is 0.335 e. The van der Waals surface area contributed by atoms with Crippen molar-refractivity contribution in [3.05, 3.63) is 71.3 Å². The van der Waals surface area contributed by atoms with Crippen LogP contribution in [0.25, 0.3) is 0 Å². The Morgan fingerprint density at radius 1 is 0.933 bits per heavy atom. The van der Waals surface area contributed by atoms with Gasteiger partial charge in [0.1, 0.15) is 0 Å². The Kier molecular flexibility index (Phi) is 6.45. The van der Waals surface area contributed by atoms with Crippen LogP contribution in [-0.2, 0) is 22.4 Å². The number of amides is 1. The molecule has 0 aromatic heterocycles. The molecule has 4 atom stereocenters. The maximum atomic E-state index is 12.2. The Morgan fingerprint density at radius 3 is 2.33 bits per heavy atom. The second kappa shape index (κ2) is 9.41. The van der Waals surface area contributed by atoms with E-state index in [1.807, 2.05) is 42.5 Å². The number of carbonyl (C=O) groups excluding carboxylic acids is 1. The fraction of sp³-hybridized carbons (Fsp3) is 0.417. The standard InChI is InChI=1S/C24H28N2O4/c27-23(14-17-4-2-1-3-5-17)26-25-15-20-19(21-12-13-22(20)30-21)11-8-16-6-9-18(10-7-16)24(28)29/h1-7,9-10,19-22,25H,8,11-15H2,(H,26,27)(H,28,29)/t19-,20-,21+,22-/m0/s1. The molecule has 4 rings (SSSR count). The highest BCUT2D eigenvalue weighted by Gasteiger charge is 2.48. The number of rotatable bonds is 9. The SMILES string of the molecule is O=C(Cc1ccccc1)NNC[C@H]1[C@H](CCc2ccc(C(=O)O)cc2)[C@H]2CC[C@@H]1O2. The highest BCUT2D eigenvalue weighted by atomic mass is 16.5. The average Bonchev–Trinajstić information content (AvgIpc) is 3.35. The van der Waals surface area contributed by atoms with E-state index in [2.05, 4.69) is 10.9 Å². The number of carbonyl (C=O) groups is 2. The topological polar surface area (TPSA) is 87.7 Å². The monoisotopic (exact) mass is 408 g/mol. The van der Waals surface area contributed by atoms with E-state index in [4.69, 9.17) is 9.84 Å². The number of hydrogen-bond acceptors (Lipinski definition) is 4. The first-order valence-electron chi connectivity index (χ1n) is 10.6. The lowest BCUT2D eigenvalue weighted by Crippen LogP contribution is -2.44. The van der Waals surface area contributed by atoms with Crippen molar-refractivity contribution in [1.29, 1.82) is 0 Å². The number of hydrogen-bond donors (Lipinski definition) is 3. The van der Waals surface area contributed by atoms with Crippen molar-refractivity contribution in [2.24, 2.45) is 11.8 Å². The average molecular weight is 408 g/mol. The van der Waals surface area contributed by atoms with Crippen LogP contribution in [0.2, 0.25) is 0 Å². The number of ether oxygens (including phenoxy) is 1. The van der Waals surface area contributed by atoms with Gasteiger partial charge in [0.2, 0.25) is 5.91 Å². The maximum absolute atomic E-state index is 12.2. The summed E-state index contributed by atoms with van der Waals surface area (Å²) in [4.78, 5) is 23.2. The summed E-state index contributed by atoms with van der Waals surface area (Å²) in [5.41, 5.74) is 8.42. The fourth-order valence-corrected chi connectivity index (χ4v) is 4.79. The summed E-state index contributed by atoms with van der Waals surface area (Å²) >= 11 is 0. The van der Waals surface area contributed by atoms with Crippen molar-refractivity contribution in [1.82, 2.24) is 10.9 Å². The van der Waals surface area contributed by atoms with Gasteiger partial charge in [0, 0.05) is 12.5 Å². The molecule has 2 aromatic rings. The lowest BCUT2D eigenvalue weighted by Gasteiger charge is -2.28. The van der Waals surface area contributed by atoms with Gasteiger partial charge >= 0.3 is 5.97 Å². The third kappa shape index (κ3) is 4.89. The predicted molar refractivity (Wildman–Crippen MR) is 113 cm³/mol. The molecule has 6 heteroatoms. The number of benzene rings is 2. The van der Waals surface area contributed by atoms with E-state index in [1.54, 1.807) is 12.1 Å². The zero-order valence-corrected chi connectivity index (χ0v) is 16.9. The van der Waals surface area contributed by atoms with Gasteiger partial charge in [0.05, 0.1) is 24.2 Å². The van der Waals surface area contributed by atoms with E-state index in [0.29, 0.717) is 36.5 Å². The number of aryl methyl sites for hydroxylation is 1. The quantitative estimate of drug-likeness (QED) is 0.555. The summed E-state index contributed by atoms with van der Waals surface area (Å²) in [6.45, 7) is 0.699. The molecule has 158 valence electrons. The molecular formula is C24H28N2O4. The van der Waals surface area contributed by atoms with Crippen molar-refractivity contribution >= 4 is 11.9 Å². The molecule has 0 saturated carbocycles. The minimum Gasteiger partial charge on any atom is -0.478 e. The minimum absolute atomic E-state index is 0.0413. The Morgan fingerprint density at radius 2 is 1.63 bits per heavy atom. The third-order valence-corrected chi connectivity index (χ3v) is 6.33. The van der Waals surface area contributed by atoms with Crippen LogP contribution in [-0.4, -0.2) is 35.7 Å². The number of nitrogens with one attached hydrogen (secondary N) is 2. The van der Waals surface area contributed by atoms with Gasteiger partial charge in [0.25, 0.3) is 0 Å². The van der Waals surface area contributed by atoms with Gasteiger partial charge in [-0.1, -0.05) is 42.5 Å². The van der Waals surface area contributed by atoms with E-state index in [9.17, 15) is 9.59 Å². The zero-order chi connectivity index (χ0) is 20.9. The number of hydrazine groups is 1. The van der Waals surface area contributed by atoms with Gasteiger partial charge < -0.3 is 9.84 Å². The molecule has 0 unspecified atom stereocenters. The van der Waals surface area contributed by atoms with Crippen LogP contribution >= 0.6 is 0 Å². The van der Waals surface area contributed by atoms with Crippen LogP contribution in [0.5, 0.6) is 0 Å². The molecule has 2 aliphatic rings. The summed E-state index contributed by atoms with van der Waals surface area (Å²) in [5, 5.41) is 9.04. The molecule has 30 heavy (non-hydrogen) atoms. The van der Waals surface area contributed by atoms with Crippen molar-refractivity contribution in [2.75, 3.05) is 6.54 Å². The Bertz CT molecular complexity index is 869. The molecule has 2 aromatic carbocycles. The van der Waals surface area contributed by atoms with E-state index < -0.39 is 5.97 Å². The van der Waals surface area contributed by atoms with Gasteiger partial charge in [-0.25, -0.2) is 10.2 Å². The lowest BCUT2D eigenvalue weighted by atomic mass is 9.76. The second-order valence-electron chi connectivity index (χ2n) is 8.25. The van der Waals surface area contributed by atoms with E-state index in [1.165, 1.54) is 0 Å². The molecule has 2 bridgehead atoms. The van der Waals surface area contributed by atoms with Crippen molar-refractivity contribution < 1.29 is 19.4 Å². The molecule has 0 spiro atoms. The highest BCUT2D eigenvalue weighted by molar-refractivity contribution is 5.87. The number of fused-ring (bicyclic) bond motifs is 2. The van der Waals surface area contributed by atoms with Crippen LogP contribution < -0.4 is 10.9 Å². The van der Waals surface area contributed by atoms with Crippen molar-refractivity contribution in [2.45, 2.75) is 44.3 Å². The third-order valence-electron chi connectivity index (χ3n) is 6.33. The Hall–Kier alpha value is -2.70. The van der Waals surface area contributed by atoms with Gasteiger partial charge in [-0.15, -0.1) is 0 Å². The molecule has 1 amide bonds. The van der Waals surface area contributed by atoms with E-state index in [0.717, 1.165) is 36.8 Å². The first-order valence-corrected chi connectivity index (χ1v) is 10.6. The normalized spacial score (nSPS) is 24.7. The highest BCUT2D eigenvalue weighted by Crippen LogP contribution is 2.45. The van der Waals surface area contributed by atoms with Crippen LogP contribution in [0.4, 0.5) is 0 Å². The fourth-order valence-electron chi connectivity index (χ4n) is 4.79. The Balaban J connectivity index is 1.27. The molecule has 0 radical (unpaired) electrons. The largest absolute Gasteiger partial charge is 0.478 e. The summed E-state index contributed by atoms with van der Waals surface area (Å²) < 4.78 is 6.16. The molecular weight excluding hydrogens is 380 g/mol. The number of carboxylic acid groups (broad SMARTS) is 1. The van der Waals surface area contributed by atoms with Gasteiger partial charge in [-0.05, 0) is 54.9 Å².